The first-order valence-corrected chi connectivity index (χ1v) is 5.98. The van der Waals surface area contributed by atoms with Crippen LogP contribution in [0.5, 0.6) is 0 Å². The molecule has 6 nitrogen and oxygen atoms in total. The lowest BCUT2D eigenvalue weighted by atomic mass is 10.0. The van der Waals surface area contributed by atoms with Gasteiger partial charge in [0.25, 0.3) is 5.91 Å². The molecule has 0 spiro atoms. The van der Waals surface area contributed by atoms with Gasteiger partial charge in [0.2, 0.25) is 5.91 Å². The Morgan fingerprint density at radius 1 is 1.35 bits per heavy atom. The second-order valence-corrected chi connectivity index (χ2v) is 4.22. The summed E-state index contributed by atoms with van der Waals surface area (Å²) in [7, 11) is 0. The number of rotatable bonds is 6. The smallest absolute Gasteiger partial charge is 0.328 e. The zero-order valence-electron chi connectivity index (χ0n) is 11.1. The first-order valence-electron chi connectivity index (χ1n) is 5.98. The molecule has 1 aromatic rings. The predicted molar refractivity (Wildman–Crippen MR) is 74.0 cm³/mol. The number of benzene rings is 1. The van der Waals surface area contributed by atoms with Crippen molar-refractivity contribution in [2.75, 3.05) is 6.54 Å². The molecular formula is C14H16N2O4. The first-order chi connectivity index (χ1) is 9.40. The maximum Gasteiger partial charge on any atom is 0.328 e. The largest absolute Gasteiger partial charge is 0.478 e. The number of carbonyl (C=O) groups excluding carboxylic acids is 2. The number of hydrogen-bond donors (Lipinski definition) is 3. The van der Waals surface area contributed by atoms with Gasteiger partial charge in [-0.3, -0.25) is 9.59 Å². The molecule has 0 atom stereocenters. The fourth-order valence-electron chi connectivity index (χ4n) is 1.57. The van der Waals surface area contributed by atoms with Gasteiger partial charge in [-0.25, -0.2) is 4.79 Å². The molecular weight excluding hydrogens is 260 g/mol. The highest BCUT2D eigenvalue weighted by Crippen LogP contribution is 2.13. The molecule has 0 heterocycles. The molecule has 0 fully saturated rings. The number of aryl methyl sites for hydroxylation is 1. The van der Waals surface area contributed by atoms with Gasteiger partial charge in [0, 0.05) is 24.6 Å². The number of carboxylic acids is 1. The highest BCUT2D eigenvalue weighted by Gasteiger charge is 2.07. The Hall–Kier alpha value is -2.63. The first kappa shape index (κ1) is 15.4. The van der Waals surface area contributed by atoms with Gasteiger partial charge in [0.1, 0.15) is 0 Å². The summed E-state index contributed by atoms with van der Waals surface area (Å²) in [6.45, 7) is 1.97. The zero-order valence-corrected chi connectivity index (χ0v) is 11.1. The fourth-order valence-corrected chi connectivity index (χ4v) is 1.57. The van der Waals surface area contributed by atoms with Gasteiger partial charge in [-0.05, 0) is 36.3 Å². The Bertz CT molecular complexity index is 564. The van der Waals surface area contributed by atoms with E-state index >= 15 is 0 Å². The number of carboxylic acid groups (broad SMARTS) is 1. The van der Waals surface area contributed by atoms with E-state index in [1.807, 2.05) is 0 Å². The van der Waals surface area contributed by atoms with E-state index in [0.717, 1.165) is 17.2 Å². The van der Waals surface area contributed by atoms with Crippen LogP contribution in [0.1, 0.15) is 27.9 Å². The van der Waals surface area contributed by atoms with Crippen LogP contribution in [-0.4, -0.2) is 29.4 Å². The lowest BCUT2D eigenvalue weighted by molar-refractivity contribution is -0.131. The summed E-state index contributed by atoms with van der Waals surface area (Å²) < 4.78 is 0. The fraction of sp³-hybridized carbons (Fsp3) is 0.214. The number of hydrogen-bond acceptors (Lipinski definition) is 3. The average molecular weight is 276 g/mol. The quantitative estimate of drug-likeness (QED) is 0.664. The normalized spacial score (nSPS) is 10.4. The lowest BCUT2D eigenvalue weighted by Gasteiger charge is -2.06. The summed E-state index contributed by atoms with van der Waals surface area (Å²) in [5.41, 5.74) is 6.92. The average Bonchev–Trinajstić information content (AvgIpc) is 2.36. The number of carbonyl (C=O) groups is 3. The summed E-state index contributed by atoms with van der Waals surface area (Å²) >= 11 is 0. The number of aliphatic carboxylic acids is 1. The molecule has 20 heavy (non-hydrogen) atoms. The summed E-state index contributed by atoms with van der Waals surface area (Å²) in [6.07, 6.45) is 2.59. The van der Waals surface area contributed by atoms with E-state index < -0.39 is 11.9 Å². The van der Waals surface area contributed by atoms with Crippen LogP contribution in [-0.2, 0) is 9.59 Å². The van der Waals surface area contributed by atoms with Crippen molar-refractivity contribution in [3.05, 3.63) is 41.0 Å². The second-order valence-electron chi connectivity index (χ2n) is 4.22. The van der Waals surface area contributed by atoms with Gasteiger partial charge in [0.15, 0.2) is 0 Å². The van der Waals surface area contributed by atoms with Crippen LogP contribution in [0, 0.1) is 6.92 Å². The van der Waals surface area contributed by atoms with Crippen molar-refractivity contribution in [3.63, 3.8) is 0 Å². The molecule has 0 radical (unpaired) electrons. The summed E-state index contributed by atoms with van der Waals surface area (Å²) in [5.74, 6) is -1.81. The molecule has 0 saturated carbocycles. The highest BCUT2D eigenvalue weighted by atomic mass is 16.4. The van der Waals surface area contributed by atoms with E-state index in [-0.39, 0.29) is 18.9 Å². The van der Waals surface area contributed by atoms with Gasteiger partial charge < -0.3 is 16.2 Å². The summed E-state index contributed by atoms with van der Waals surface area (Å²) in [6, 6.07) is 4.91. The van der Waals surface area contributed by atoms with Crippen molar-refractivity contribution in [1.82, 2.24) is 5.32 Å². The maximum absolute atomic E-state index is 11.8. The Morgan fingerprint density at radius 2 is 2.05 bits per heavy atom. The molecule has 0 saturated heterocycles. The molecule has 0 bridgehead atoms. The van der Waals surface area contributed by atoms with Gasteiger partial charge in [-0.15, -0.1) is 0 Å². The van der Waals surface area contributed by atoms with E-state index in [1.165, 1.54) is 6.08 Å². The van der Waals surface area contributed by atoms with Crippen molar-refractivity contribution in [3.8, 4) is 0 Å². The number of amides is 2. The summed E-state index contributed by atoms with van der Waals surface area (Å²) in [5, 5.41) is 11.1. The van der Waals surface area contributed by atoms with E-state index in [9.17, 15) is 14.4 Å². The van der Waals surface area contributed by atoms with Crippen LogP contribution in [0.2, 0.25) is 0 Å². The molecule has 0 aromatic heterocycles. The van der Waals surface area contributed by atoms with Crippen molar-refractivity contribution in [2.24, 2.45) is 5.73 Å². The minimum absolute atomic E-state index is 0.0875. The van der Waals surface area contributed by atoms with Gasteiger partial charge >= 0.3 is 5.97 Å². The Balaban J connectivity index is 2.73. The molecule has 4 N–H and O–H groups in total. The monoisotopic (exact) mass is 276 g/mol. The molecule has 6 heteroatoms. The van der Waals surface area contributed by atoms with Crippen LogP contribution >= 0.6 is 0 Å². The molecule has 106 valence electrons. The van der Waals surface area contributed by atoms with Crippen molar-refractivity contribution in [2.45, 2.75) is 13.3 Å². The topological polar surface area (TPSA) is 109 Å². The van der Waals surface area contributed by atoms with E-state index in [4.69, 9.17) is 10.8 Å². The van der Waals surface area contributed by atoms with Gasteiger partial charge in [0.05, 0.1) is 0 Å². The van der Waals surface area contributed by atoms with Gasteiger partial charge in [-0.2, -0.15) is 0 Å². The Kier molecular flexibility index (Phi) is 5.46. The molecule has 0 aliphatic rings. The molecule has 2 amide bonds. The van der Waals surface area contributed by atoms with Crippen molar-refractivity contribution < 1.29 is 19.5 Å². The number of primary amides is 1. The Morgan fingerprint density at radius 3 is 2.60 bits per heavy atom. The zero-order chi connectivity index (χ0) is 15.1. The Labute approximate surface area is 116 Å². The van der Waals surface area contributed by atoms with Crippen LogP contribution in [0.25, 0.3) is 6.08 Å². The minimum atomic E-state index is -1.03. The van der Waals surface area contributed by atoms with Crippen LogP contribution in [0.3, 0.4) is 0 Å². The molecule has 0 unspecified atom stereocenters. The van der Waals surface area contributed by atoms with Crippen molar-refractivity contribution in [1.29, 1.82) is 0 Å². The second kappa shape index (κ2) is 7.08. The lowest BCUT2D eigenvalue weighted by Crippen LogP contribution is -2.27. The standard InChI is InChI=1S/C14H16N2O4/c1-9-8-11(14(20)16-7-6-12(15)17)3-2-10(9)4-5-13(18)19/h2-5,8H,6-7H2,1H3,(H2,15,17)(H,16,20)(H,18,19)/b5-4+. The van der Waals surface area contributed by atoms with E-state index in [1.54, 1.807) is 25.1 Å². The molecule has 1 rings (SSSR count). The van der Waals surface area contributed by atoms with Gasteiger partial charge in [-0.1, -0.05) is 6.07 Å². The maximum atomic E-state index is 11.8. The number of nitrogens with one attached hydrogen (secondary N) is 1. The van der Waals surface area contributed by atoms with Crippen LogP contribution < -0.4 is 11.1 Å². The predicted octanol–water partition coefficient (Wildman–Crippen LogP) is 0.698. The van der Waals surface area contributed by atoms with E-state index in [2.05, 4.69) is 5.32 Å². The van der Waals surface area contributed by atoms with Crippen molar-refractivity contribution >= 4 is 23.9 Å². The SMILES string of the molecule is Cc1cc(C(=O)NCCC(N)=O)ccc1/C=C/C(=O)O. The third-order valence-electron chi connectivity index (χ3n) is 2.59. The molecule has 1 aromatic carbocycles. The van der Waals surface area contributed by atoms with Crippen LogP contribution in [0.4, 0.5) is 0 Å². The van der Waals surface area contributed by atoms with Crippen LogP contribution in [0.15, 0.2) is 24.3 Å². The number of nitrogens with two attached hydrogens (primary N) is 1. The van der Waals surface area contributed by atoms with E-state index in [0.29, 0.717) is 5.56 Å². The third-order valence-corrected chi connectivity index (χ3v) is 2.59. The summed E-state index contributed by atoms with van der Waals surface area (Å²) in [4.78, 5) is 32.8. The molecule has 0 aliphatic heterocycles. The third kappa shape index (κ3) is 4.93. The highest BCUT2D eigenvalue weighted by molar-refractivity contribution is 5.95. The molecule has 0 aliphatic carbocycles. The minimum Gasteiger partial charge on any atom is -0.478 e.